The van der Waals surface area contributed by atoms with E-state index < -0.39 is 18.0 Å². The van der Waals surface area contributed by atoms with Crippen LogP contribution in [-0.4, -0.2) is 59.7 Å². The van der Waals surface area contributed by atoms with Crippen molar-refractivity contribution in [2.24, 2.45) is 5.92 Å². The molecule has 26 heavy (non-hydrogen) atoms. The molecule has 9 nitrogen and oxygen atoms in total. The van der Waals surface area contributed by atoms with Crippen LogP contribution in [0.25, 0.3) is 0 Å². The van der Waals surface area contributed by atoms with Gasteiger partial charge in [-0.05, 0) is 6.92 Å². The molecule has 1 saturated heterocycles. The van der Waals surface area contributed by atoms with Crippen LogP contribution in [0.15, 0.2) is 14.3 Å². The fourth-order valence-electron chi connectivity index (χ4n) is 2.45. The van der Waals surface area contributed by atoms with Crippen molar-refractivity contribution in [2.75, 3.05) is 10.4 Å². The number of carboxylic acids is 1. The Morgan fingerprint density at radius 2 is 2.12 bits per heavy atom. The van der Waals surface area contributed by atoms with Crippen LogP contribution >= 0.6 is 46.6 Å². The quantitative estimate of drug-likeness (QED) is 0.251. The van der Waals surface area contributed by atoms with Crippen molar-refractivity contribution in [1.82, 2.24) is 15.1 Å². The Kier molecular flexibility index (Phi) is 5.81. The highest BCUT2D eigenvalue weighted by Gasteiger charge is 2.57. The van der Waals surface area contributed by atoms with Crippen molar-refractivity contribution >= 4 is 69.5 Å². The largest absolute Gasteiger partial charge is 0.477 e. The number of β-lactam (4-membered cyclic amide) rings is 1. The summed E-state index contributed by atoms with van der Waals surface area (Å²) in [6.45, 7) is 2.91. The Morgan fingerprint density at radius 3 is 2.73 bits per heavy atom. The van der Waals surface area contributed by atoms with E-state index in [-0.39, 0.29) is 22.9 Å². The smallest absolute Gasteiger partial charge is 0.354 e. The van der Waals surface area contributed by atoms with E-state index in [9.17, 15) is 24.6 Å². The number of fused-ring (bicyclic) bond motifs is 1. The molecule has 2 amide bonds. The molecule has 2 aliphatic heterocycles. The van der Waals surface area contributed by atoms with Gasteiger partial charge in [-0.3, -0.25) is 14.5 Å². The first-order valence-corrected chi connectivity index (χ1v) is 11.0. The predicted octanol–water partition coefficient (Wildman–Crippen LogP) is 1.45. The van der Waals surface area contributed by atoms with Crippen LogP contribution in [0.5, 0.6) is 0 Å². The maximum atomic E-state index is 12.1. The number of anilines is 1. The molecule has 1 aromatic heterocycles. The molecule has 0 bridgehead atoms. The Bertz CT molecular complexity index is 795. The molecule has 0 radical (unpaired) electrons. The van der Waals surface area contributed by atoms with Gasteiger partial charge in [-0.1, -0.05) is 34.9 Å². The normalized spacial score (nSPS) is 22.9. The minimum absolute atomic E-state index is 0.0244. The number of carbonyl (C=O) groups is 3. The molecular formula is C13H14N4O5S4. The van der Waals surface area contributed by atoms with Gasteiger partial charge in [0.1, 0.15) is 5.37 Å². The van der Waals surface area contributed by atoms with Gasteiger partial charge in [0.2, 0.25) is 16.9 Å². The third kappa shape index (κ3) is 3.71. The van der Waals surface area contributed by atoms with Gasteiger partial charge in [0, 0.05) is 6.92 Å². The van der Waals surface area contributed by atoms with Gasteiger partial charge in [0.15, 0.2) is 10.0 Å². The number of aromatic nitrogens is 2. The standard InChI is InChI=1S/C13H14N4O5S4/c1-4(18)6-8(20)17-7(10(21)22)11(25-9(6)17)23-3-24-13-16-15-12(26-13)14-5(2)19/h4,6,9,18H,3H2,1-2H3,(H,21,22)(H,14,15,19)/t4-,6+,9-/m1/s1. The molecule has 3 atom stereocenters. The van der Waals surface area contributed by atoms with Crippen LogP contribution in [0.3, 0.4) is 0 Å². The molecule has 0 spiro atoms. The zero-order valence-electron chi connectivity index (χ0n) is 13.5. The minimum atomic E-state index is -1.16. The highest BCUT2D eigenvalue weighted by Crippen LogP contribution is 2.54. The summed E-state index contributed by atoms with van der Waals surface area (Å²) in [7, 11) is 0. The fourth-order valence-corrected chi connectivity index (χ4v) is 7.69. The molecule has 1 fully saturated rings. The van der Waals surface area contributed by atoms with Gasteiger partial charge in [0.05, 0.1) is 21.3 Å². The van der Waals surface area contributed by atoms with Crippen LogP contribution in [0.2, 0.25) is 0 Å². The number of carbonyl (C=O) groups excluding carboxylic acids is 2. The molecule has 0 unspecified atom stereocenters. The number of aliphatic carboxylic acids is 1. The van der Waals surface area contributed by atoms with Gasteiger partial charge in [-0.15, -0.1) is 22.0 Å². The Labute approximate surface area is 165 Å². The fraction of sp³-hybridized carbons (Fsp3) is 0.462. The predicted molar refractivity (Wildman–Crippen MR) is 101 cm³/mol. The first-order chi connectivity index (χ1) is 12.3. The molecule has 3 N–H and O–H groups in total. The summed E-state index contributed by atoms with van der Waals surface area (Å²) in [5.41, 5.74) is -0.0244. The Morgan fingerprint density at radius 1 is 1.38 bits per heavy atom. The lowest BCUT2D eigenvalue weighted by molar-refractivity contribution is -0.156. The third-order valence-corrected chi connectivity index (χ3v) is 8.29. The zero-order chi connectivity index (χ0) is 19.0. The number of nitrogens with one attached hydrogen (secondary N) is 1. The van der Waals surface area contributed by atoms with Crippen molar-refractivity contribution in [3.63, 3.8) is 0 Å². The molecule has 0 aromatic carbocycles. The summed E-state index contributed by atoms with van der Waals surface area (Å²) in [5, 5.41) is 30.0. The summed E-state index contributed by atoms with van der Waals surface area (Å²) >= 11 is 5.18. The summed E-state index contributed by atoms with van der Waals surface area (Å²) < 4.78 is 1.18. The van der Waals surface area contributed by atoms with Crippen molar-refractivity contribution in [3.8, 4) is 0 Å². The highest BCUT2D eigenvalue weighted by molar-refractivity contribution is 8.28. The van der Waals surface area contributed by atoms with E-state index >= 15 is 0 Å². The molecular weight excluding hydrogens is 420 g/mol. The lowest BCUT2D eigenvalue weighted by Crippen LogP contribution is -2.60. The van der Waals surface area contributed by atoms with Crippen molar-refractivity contribution in [3.05, 3.63) is 9.93 Å². The van der Waals surface area contributed by atoms with Crippen LogP contribution in [-0.2, 0) is 14.4 Å². The Hall–Kier alpha value is -1.28. The number of carboxylic acid groups (broad SMARTS) is 1. The lowest BCUT2D eigenvalue weighted by Gasteiger charge is -2.43. The number of aliphatic hydroxyl groups is 1. The van der Waals surface area contributed by atoms with Crippen molar-refractivity contribution in [2.45, 2.75) is 29.7 Å². The summed E-state index contributed by atoms with van der Waals surface area (Å²) in [6, 6.07) is 0. The number of rotatable bonds is 7. The molecule has 13 heteroatoms. The van der Waals surface area contributed by atoms with Gasteiger partial charge < -0.3 is 15.5 Å². The SMILES string of the molecule is CC(=O)Nc1nnc(SCSC2=C(C(=O)O)N3C(=O)[C@H]([C@@H](C)O)[C@H]3S2)s1. The molecule has 3 rings (SSSR count). The maximum Gasteiger partial charge on any atom is 0.354 e. The van der Waals surface area contributed by atoms with Gasteiger partial charge in [-0.2, -0.15) is 0 Å². The lowest BCUT2D eigenvalue weighted by atomic mass is 9.92. The van der Waals surface area contributed by atoms with Crippen LogP contribution in [0, 0.1) is 5.92 Å². The second-order valence-corrected chi connectivity index (χ2v) is 10.3. The van der Waals surface area contributed by atoms with E-state index in [1.807, 2.05) is 0 Å². The third-order valence-electron chi connectivity index (χ3n) is 3.53. The topological polar surface area (TPSA) is 133 Å². The van der Waals surface area contributed by atoms with Gasteiger partial charge in [0.25, 0.3) is 0 Å². The number of nitrogens with zero attached hydrogens (tertiary/aromatic N) is 3. The first-order valence-electron chi connectivity index (χ1n) is 7.31. The second kappa shape index (κ2) is 7.76. The zero-order valence-corrected chi connectivity index (χ0v) is 16.8. The molecule has 140 valence electrons. The minimum Gasteiger partial charge on any atom is -0.477 e. The summed E-state index contributed by atoms with van der Waals surface area (Å²) in [4.78, 5) is 35.9. The second-order valence-electron chi connectivity index (χ2n) is 5.39. The van der Waals surface area contributed by atoms with Crippen LogP contribution in [0.1, 0.15) is 13.8 Å². The van der Waals surface area contributed by atoms with E-state index in [2.05, 4.69) is 15.5 Å². The number of amides is 2. The van der Waals surface area contributed by atoms with E-state index in [0.29, 0.717) is 18.8 Å². The molecule has 1 aromatic rings. The van der Waals surface area contributed by atoms with Gasteiger partial charge >= 0.3 is 5.97 Å². The highest BCUT2D eigenvalue weighted by atomic mass is 32.2. The molecule has 0 aliphatic carbocycles. The summed E-state index contributed by atoms with van der Waals surface area (Å²) in [6.07, 6.45) is -0.821. The number of aliphatic hydroxyl groups excluding tert-OH is 1. The van der Waals surface area contributed by atoms with Crippen molar-refractivity contribution in [1.29, 1.82) is 0 Å². The van der Waals surface area contributed by atoms with E-state index in [1.165, 1.54) is 65.4 Å². The van der Waals surface area contributed by atoms with E-state index in [1.54, 1.807) is 0 Å². The number of hydrogen-bond donors (Lipinski definition) is 3. The summed E-state index contributed by atoms with van der Waals surface area (Å²) in [5.74, 6) is -2.33. The average molecular weight is 435 g/mol. The molecule has 0 saturated carbocycles. The molecule has 2 aliphatic rings. The monoisotopic (exact) mass is 434 g/mol. The van der Waals surface area contributed by atoms with E-state index in [0.717, 1.165) is 0 Å². The number of hydrogen-bond acceptors (Lipinski definition) is 10. The van der Waals surface area contributed by atoms with Crippen LogP contribution in [0.4, 0.5) is 5.13 Å². The number of thioether (sulfide) groups is 3. The van der Waals surface area contributed by atoms with Gasteiger partial charge in [-0.25, -0.2) is 4.79 Å². The van der Waals surface area contributed by atoms with E-state index in [4.69, 9.17) is 0 Å². The molecule has 3 heterocycles. The van der Waals surface area contributed by atoms with Crippen molar-refractivity contribution < 1.29 is 24.6 Å². The first kappa shape index (κ1) is 19.5. The van der Waals surface area contributed by atoms with Crippen LogP contribution < -0.4 is 5.32 Å². The Balaban J connectivity index is 1.62. The average Bonchev–Trinajstić information content (AvgIpc) is 3.09. The maximum absolute atomic E-state index is 12.1.